The first kappa shape index (κ1) is 28.0. The molecule has 0 radical (unpaired) electrons. The van der Waals surface area contributed by atoms with Crippen LogP contribution in [0.2, 0.25) is 0 Å². The largest absolute Gasteiger partial charge is 0.511 e. The number of fused-ring (bicyclic) bond motifs is 7. The molecule has 5 rings (SSSR count). The van der Waals surface area contributed by atoms with Gasteiger partial charge in [-0.2, -0.15) is 0 Å². The van der Waals surface area contributed by atoms with Crippen LogP contribution in [-0.4, -0.2) is 28.8 Å². The van der Waals surface area contributed by atoms with Crippen molar-refractivity contribution >= 4 is 11.9 Å². The van der Waals surface area contributed by atoms with Crippen LogP contribution in [0.1, 0.15) is 113 Å². The maximum absolute atomic E-state index is 13.1. The average Bonchev–Trinajstić information content (AvgIpc) is 3.23. The number of allylic oxidation sites excluding steroid dienone is 1. The fraction of sp³-hybridized carbons (Fsp3) is 0.879. The first-order valence-electron chi connectivity index (χ1n) is 15.4. The van der Waals surface area contributed by atoms with Crippen molar-refractivity contribution in [1.82, 2.24) is 0 Å². The highest BCUT2D eigenvalue weighted by molar-refractivity contribution is 5.89. The van der Waals surface area contributed by atoms with Gasteiger partial charge in [-0.15, -0.1) is 0 Å². The molecule has 0 aliphatic heterocycles. The molecule has 0 aromatic heterocycles. The van der Waals surface area contributed by atoms with E-state index in [-0.39, 0.29) is 33.9 Å². The minimum atomic E-state index is -0.554. The highest BCUT2D eigenvalue weighted by Gasteiger charge is 2.72. The fourth-order valence-corrected chi connectivity index (χ4v) is 12.0. The fourth-order valence-electron chi connectivity index (χ4n) is 12.0. The molecule has 0 unspecified atom stereocenters. The normalized spacial score (nSPS) is 47.6. The second kappa shape index (κ2) is 8.74. The molecule has 0 bridgehead atoms. The smallest absolute Gasteiger partial charge is 0.337 e. The van der Waals surface area contributed by atoms with Crippen molar-refractivity contribution in [3.63, 3.8) is 0 Å². The molecule has 5 aliphatic rings. The summed E-state index contributed by atoms with van der Waals surface area (Å²) in [4.78, 5) is 26.0. The second-order valence-corrected chi connectivity index (χ2v) is 15.5. The van der Waals surface area contributed by atoms with Crippen LogP contribution < -0.4 is 0 Å². The summed E-state index contributed by atoms with van der Waals surface area (Å²) in [7, 11) is 0. The minimum Gasteiger partial charge on any atom is -0.511 e. The first-order valence-corrected chi connectivity index (χ1v) is 15.4. The van der Waals surface area contributed by atoms with Gasteiger partial charge in [-0.3, -0.25) is 4.79 Å². The van der Waals surface area contributed by atoms with Gasteiger partial charge < -0.3 is 14.9 Å². The highest BCUT2D eigenvalue weighted by Crippen LogP contribution is 2.77. The van der Waals surface area contributed by atoms with Crippen molar-refractivity contribution in [2.75, 3.05) is 6.61 Å². The lowest BCUT2D eigenvalue weighted by Crippen LogP contribution is -2.66. The Hall–Kier alpha value is -1.52. The third-order valence-corrected chi connectivity index (χ3v) is 13.9. The van der Waals surface area contributed by atoms with Gasteiger partial charge in [-0.25, -0.2) is 4.79 Å². The lowest BCUT2D eigenvalue weighted by molar-refractivity contribution is -0.234. The molecule has 214 valence electrons. The molecule has 0 aromatic rings. The van der Waals surface area contributed by atoms with Crippen LogP contribution in [-0.2, 0) is 14.3 Å². The Bertz CT molecular complexity index is 1040. The molecule has 9 atom stereocenters. The van der Waals surface area contributed by atoms with Crippen molar-refractivity contribution in [3.8, 4) is 0 Å². The summed E-state index contributed by atoms with van der Waals surface area (Å²) in [5.74, 6) is 1.69. The second-order valence-electron chi connectivity index (χ2n) is 15.5. The Morgan fingerprint density at radius 2 is 1.61 bits per heavy atom. The van der Waals surface area contributed by atoms with Crippen LogP contribution in [0, 0.1) is 62.6 Å². The van der Waals surface area contributed by atoms with Gasteiger partial charge >= 0.3 is 11.9 Å². The van der Waals surface area contributed by atoms with Gasteiger partial charge in [0.15, 0.2) is 0 Å². The highest BCUT2D eigenvalue weighted by atomic mass is 16.5. The summed E-state index contributed by atoms with van der Waals surface area (Å²) < 4.78 is 5.44. The first-order chi connectivity index (χ1) is 17.6. The third-order valence-electron chi connectivity index (χ3n) is 13.9. The van der Waals surface area contributed by atoms with E-state index in [1.54, 1.807) is 0 Å². The third kappa shape index (κ3) is 3.35. The van der Waals surface area contributed by atoms with Crippen LogP contribution in [0.25, 0.3) is 0 Å². The van der Waals surface area contributed by atoms with Crippen LogP contribution >= 0.6 is 0 Å². The molecule has 5 heteroatoms. The molecule has 0 aromatic carbocycles. The Morgan fingerprint density at radius 1 is 0.921 bits per heavy atom. The van der Waals surface area contributed by atoms with Crippen molar-refractivity contribution in [2.45, 2.75) is 113 Å². The van der Waals surface area contributed by atoms with Crippen molar-refractivity contribution in [3.05, 3.63) is 11.3 Å². The maximum Gasteiger partial charge on any atom is 0.337 e. The maximum atomic E-state index is 13.1. The van der Waals surface area contributed by atoms with Gasteiger partial charge in [0.25, 0.3) is 0 Å². The number of hydrogen-bond donors (Lipinski definition) is 2. The summed E-state index contributed by atoms with van der Waals surface area (Å²) in [5.41, 5.74) is -0.528. The molecule has 5 aliphatic carbocycles. The number of aliphatic hydroxyl groups excluding tert-OH is 1. The standard InChI is InChI=1S/C33H52O5/c1-9-38-27(35)21-18-30(6)23(29(4,5)26(21)34)13-14-32(8)24(30)11-10-22-25-20(19(2)3)12-15-33(25,28(36)37)17-16-31(22,32)7/h19-20,22-25,34H,9-18H2,1-8H3,(H,36,37)/t20-,22+,23-,24+,25+,30-,31+,32+,33-/m0/s1. The number of carboxylic acids is 1. The Labute approximate surface area is 230 Å². The summed E-state index contributed by atoms with van der Waals surface area (Å²) in [6, 6.07) is 0. The van der Waals surface area contributed by atoms with E-state index in [1.165, 1.54) is 0 Å². The molecule has 5 nitrogen and oxygen atoms in total. The van der Waals surface area contributed by atoms with E-state index in [1.807, 2.05) is 6.92 Å². The zero-order chi connectivity index (χ0) is 28.1. The lowest BCUT2D eigenvalue weighted by Gasteiger charge is -2.72. The molecular formula is C33H52O5. The van der Waals surface area contributed by atoms with Crippen LogP contribution in [0.3, 0.4) is 0 Å². The van der Waals surface area contributed by atoms with Gasteiger partial charge in [0.2, 0.25) is 0 Å². The van der Waals surface area contributed by atoms with E-state index in [0.717, 1.165) is 51.4 Å². The molecule has 0 spiro atoms. The quantitative estimate of drug-likeness (QED) is 0.364. The zero-order valence-electron chi connectivity index (χ0n) is 25.2. The van der Waals surface area contributed by atoms with Crippen LogP contribution in [0.4, 0.5) is 0 Å². The molecule has 2 N–H and O–H groups in total. The number of aliphatic hydroxyl groups is 1. The number of carbonyl (C=O) groups excluding carboxylic acids is 1. The molecule has 38 heavy (non-hydrogen) atoms. The molecule has 0 heterocycles. The molecule has 4 saturated carbocycles. The minimum absolute atomic E-state index is 0.0682. The van der Waals surface area contributed by atoms with Gasteiger partial charge in [-0.05, 0) is 116 Å². The predicted molar refractivity (Wildman–Crippen MR) is 148 cm³/mol. The van der Waals surface area contributed by atoms with Gasteiger partial charge in [-0.1, -0.05) is 48.5 Å². The van der Waals surface area contributed by atoms with Crippen molar-refractivity contribution in [2.24, 2.45) is 62.6 Å². The van der Waals surface area contributed by atoms with E-state index in [0.29, 0.717) is 48.2 Å². The monoisotopic (exact) mass is 528 g/mol. The summed E-state index contributed by atoms with van der Waals surface area (Å²) >= 11 is 0. The number of hydrogen-bond acceptors (Lipinski definition) is 4. The summed E-state index contributed by atoms with van der Waals surface area (Å²) in [6.07, 6.45) is 8.52. The Kier molecular flexibility index (Phi) is 6.44. The predicted octanol–water partition coefficient (Wildman–Crippen LogP) is 7.79. The Balaban J connectivity index is 1.57. The summed E-state index contributed by atoms with van der Waals surface area (Å²) in [6.45, 7) is 18.4. The molecule has 0 saturated heterocycles. The number of rotatable bonds is 4. The summed E-state index contributed by atoms with van der Waals surface area (Å²) in [5, 5.41) is 21.9. The topological polar surface area (TPSA) is 83.8 Å². The van der Waals surface area contributed by atoms with Gasteiger partial charge in [0.05, 0.1) is 17.6 Å². The number of carbonyl (C=O) groups is 2. The lowest BCUT2D eigenvalue weighted by atomic mass is 9.32. The average molecular weight is 529 g/mol. The van der Waals surface area contributed by atoms with Crippen molar-refractivity contribution in [1.29, 1.82) is 0 Å². The number of ether oxygens (including phenoxy) is 1. The van der Waals surface area contributed by atoms with E-state index in [2.05, 4.69) is 48.5 Å². The zero-order valence-corrected chi connectivity index (χ0v) is 25.2. The van der Waals surface area contributed by atoms with E-state index in [4.69, 9.17) is 4.74 Å². The van der Waals surface area contributed by atoms with Gasteiger partial charge in [0.1, 0.15) is 5.76 Å². The number of esters is 1. The number of carboxylic acid groups (broad SMARTS) is 1. The molecule has 4 fully saturated rings. The van der Waals surface area contributed by atoms with Crippen LogP contribution in [0.5, 0.6) is 0 Å². The van der Waals surface area contributed by atoms with Crippen LogP contribution in [0.15, 0.2) is 11.3 Å². The van der Waals surface area contributed by atoms with Crippen molar-refractivity contribution < 1.29 is 24.5 Å². The molecular weight excluding hydrogens is 476 g/mol. The SMILES string of the molecule is CCOC(=O)C1=C(O)C(C)(C)[C@@H]2CC[C@]3(C)[C@H](CC[C@@H]4[C@H]5[C@H](C(C)C)CC[C@]5(C(=O)O)CC[C@]43C)[C@@]2(C)C1. The van der Waals surface area contributed by atoms with E-state index >= 15 is 0 Å². The Morgan fingerprint density at radius 3 is 2.21 bits per heavy atom. The van der Waals surface area contributed by atoms with E-state index < -0.39 is 16.8 Å². The molecule has 0 amide bonds. The number of aliphatic carboxylic acids is 1. The van der Waals surface area contributed by atoms with Gasteiger partial charge in [0, 0.05) is 5.41 Å². The van der Waals surface area contributed by atoms with E-state index in [9.17, 15) is 19.8 Å².